The lowest BCUT2D eigenvalue weighted by atomic mass is 10.2. The van der Waals surface area contributed by atoms with Crippen molar-refractivity contribution in [1.29, 1.82) is 0 Å². The number of carbonyl (C=O) groups is 2. The van der Waals surface area contributed by atoms with Crippen molar-refractivity contribution in [2.75, 3.05) is 44.6 Å². The number of hydrogen-bond donors (Lipinski definition) is 1. The molecule has 1 N–H and O–H groups in total. The second-order valence-corrected chi connectivity index (χ2v) is 6.69. The molecule has 0 aliphatic heterocycles. The number of benzene rings is 1. The first-order chi connectivity index (χ1) is 14.0. The van der Waals surface area contributed by atoms with Crippen LogP contribution in [0.25, 0.3) is 0 Å². The zero-order valence-corrected chi connectivity index (χ0v) is 17.4. The fourth-order valence-corrected chi connectivity index (χ4v) is 2.80. The summed E-state index contributed by atoms with van der Waals surface area (Å²) < 4.78 is 10.5. The molecule has 1 aromatic heterocycles. The Bertz CT molecular complexity index is 759. The summed E-state index contributed by atoms with van der Waals surface area (Å²) in [5.41, 5.74) is 0.995. The van der Waals surface area contributed by atoms with Crippen LogP contribution in [0.5, 0.6) is 0 Å². The molecule has 0 atom stereocenters. The van der Waals surface area contributed by atoms with Crippen LogP contribution in [-0.2, 0) is 20.9 Å². The van der Waals surface area contributed by atoms with Crippen LogP contribution in [0.4, 0.5) is 5.82 Å². The summed E-state index contributed by atoms with van der Waals surface area (Å²) in [6.07, 6.45) is 0. The van der Waals surface area contributed by atoms with Gasteiger partial charge in [0.2, 0.25) is 11.8 Å². The molecule has 8 heteroatoms. The van der Waals surface area contributed by atoms with Crippen LogP contribution in [-0.4, -0.2) is 66.1 Å². The molecule has 29 heavy (non-hydrogen) atoms. The minimum Gasteiger partial charge on any atom is -0.367 e. The highest BCUT2D eigenvalue weighted by molar-refractivity contribution is 5.93. The average molecular weight is 402 g/mol. The third kappa shape index (κ3) is 8.05. The Morgan fingerprint density at radius 2 is 1.86 bits per heavy atom. The normalized spacial score (nSPS) is 10.9. The number of carbonyl (C=O) groups excluding carboxylic acids is 2. The van der Waals surface area contributed by atoms with Gasteiger partial charge in [0, 0.05) is 19.2 Å². The standard InChI is InChI=1S/C21H30N4O4/c1-4-24(5-2)11-12-25(14-20(26)22-19-13-17(3)29-23-19)21(27)16-28-15-18-9-7-6-8-10-18/h6-10,13H,4-5,11-12,14-16H2,1-3H3,(H,22,23,26). The van der Waals surface area contributed by atoms with Crippen LogP contribution in [0.15, 0.2) is 40.9 Å². The van der Waals surface area contributed by atoms with Crippen LogP contribution >= 0.6 is 0 Å². The van der Waals surface area contributed by atoms with E-state index in [1.54, 1.807) is 13.0 Å². The Balaban J connectivity index is 1.91. The monoisotopic (exact) mass is 402 g/mol. The number of hydrogen-bond acceptors (Lipinski definition) is 6. The van der Waals surface area contributed by atoms with E-state index in [0.717, 1.165) is 18.7 Å². The van der Waals surface area contributed by atoms with Crippen molar-refractivity contribution in [3.05, 3.63) is 47.7 Å². The molecule has 0 aliphatic carbocycles. The number of amides is 2. The quantitative estimate of drug-likeness (QED) is 0.586. The lowest BCUT2D eigenvalue weighted by Crippen LogP contribution is -2.44. The third-order valence-corrected chi connectivity index (χ3v) is 4.50. The Labute approximate surface area is 171 Å². The second kappa shape index (κ2) is 12.0. The Morgan fingerprint density at radius 1 is 1.14 bits per heavy atom. The van der Waals surface area contributed by atoms with E-state index in [1.165, 1.54) is 4.90 Å². The Morgan fingerprint density at radius 3 is 2.48 bits per heavy atom. The fourth-order valence-electron chi connectivity index (χ4n) is 2.80. The maximum Gasteiger partial charge on any atom is 0.249 e. The van der Waals surface area contributed by atoms with Gasteiger partial charge < -0.3 is 24.4 Å². The van der Waals surface area contributed by atoms with Gasteiger partial charge in [0.05, 0.1) is 6.61 Å². The zero-order valence-electron chi connectivity index (χ0n) is 17.4. The lowest BCUT2D eigenvalue weighted by Gasteiger charge is -2.26. The molecule has 0 radical (unpaired) electrons. The number of rotatable bonds is 12. The van der Waals surface area contributed by atoms with E-state index in [1.807, 2.05) is 30.3 Å². The molecule has 0 fully saturated rings. The first-order valence-electron chi connectivity index (χ1n) is 9.86. The molecule has 0 unspecified atom stereocenters. The molecule has 2 aromatic rings. The van der Waals surface area contributed by atoms with Gasteiger partial charge in [0.25, 0.3) is 0 Å². The predicted octanol–water partition coefficient (Wildman–Crippen LogP) is 2.31. The van der Waals surface area contributed by atoms with Crippen LogP contribution in [0, 0.1) is 6.92 Å². The van der Waals surface area contributed by atoms with Gasteiger partial charge in [-0.25, -0.2) is 0 Å². The van der Waals surface area contributed by atoms with Crippen LogP contribution in [0.1, 0.15) is 25.2 Å². The van der Waals surface area contributed by atoms with Gasteiger partial charge in [-0.1, -0.05) is 49.3 Å². The van der Waals surface area contributed by atoms with Gasteiger partial charge in [-0.3, -0.25) is 9.59 Å². The molecular formula is C21H30N4O4. The van der Waals surface area contributed by atoms with Crippen LogP contribution < -0.4 is 5.32 Å². The van der Waals surface area contributed by atoms with E-state index in [-0.39, 0.29) is 25.0 Å². The SMILES string of the molecule is CCN(CC)CCN(CC(=O)Nc1cc(C)on1)C(=O)COCc1ccccc1. The summed E-state index contributed by atoms with van der Waals surface area (Å²) >= 11 is 0. The van der Waals surface area contributed by atoms with Crippen molar-refractivity contribution in [3.63, 3.8) is 0 Å². The largest absolute Gasteiger partial charge is 0.367 e. The van der Waals surface area contributed by atoms with Crippen LogP contribution in [0.3, 0.4) is 0 Å². The molecular weight excluding hydrogens is 372 g/mol. The van der Waals surface area contributed by atoms with Gasteiger partial charge in [-0.2, -0.15) is 0 Å². The number of ether oxygens (including phenoxy) is 1. The Kier molecular flexibility index (Phi) is 9.33. The van der Waals surface area contributed by atoms with Crippen LogP contribution in [0.2, 0.25) is 0 Å². The van der Waals surface area contributed by atoms with Gasteiger partial charge in [-0.05, 0) is 25.6 Å². The summed E-state index contributed by atoms with van der Waals surface area (Å²) in [6, 6.07) is 11.3. The van der Waals surface area contributed by atoms with Gasteiger partial charge in [-0.15, -0.1) is 0 Å². The number of nitrogens with one attached hydrogen (secondary N) is 1. The van der Waals surface area contributed by atoms with E-state index in [9.17, 15) is 9.59 Å². The van der Waals surface area contributed by atoms with Gasteiger partial charge in [0.1, 0.15) is 18.9 Å². The molecule has 0 saturated heterocycles. The highest BCUT2D eigenvalue weighted by Gasteiger charge is 2.19. The van der Waals surface area contributed by atoms with Crippen molar-refractivity contribution in [3.8, 4) is 0 Å². The molecule has 0 spiro atoms. The second-order valence-electron chi connectivity index (χ2n) is 6.69. The molecule has 158 valence electrons. The summed E-state index contributed by atoms with van der Waals surface area (Å²) in [5.74, 6) is 0.391. The number of aromatic nitrogens is 1. The van der Waals surface area contributed by atoms with E-state index in [4.69, 9.17) is 9.26 Å². The topological polar surface area (TPSA) is 87.9 Å². The molecule has 2 rings (SSSR count). The van der Waals surface area contributed by atoms with E-state index in [2.05, 4.69) is 29.2 Å². The molecule has 0 saturated carbocycles. The smallest absolute Gasteiger partial charge is 0.249 e. The fraction of sp³-hybridized carbons (Fsp3) is 0.476. The summed E-state index contributed by atoms with van der Waals surface area (Å²) in [4.78, 5) is 28.8. The number of nitrogens with zero attached hydrogens (tertiary/aromatic N) is 3. The Hall–Kier alpha value is -2.71. The molecule has 0 aliphatic rings. The highest BCUT2D eigenvalue weighted by atomic mass is 16.5. The van der Waals surface area contributed by atoms with Crippen molar-refractivity contribution >= 4 is 17.6 Å². The predicted molar refractivity (Wildman–Crippen MR) is 110 cm³/mol. The number of anilines is 1. The maximum atomic E-state index is 12.7. The van der Waals surface area contributed by atoms with Gasteiger partial charge >= 0.3 is 0 Å². The lowest BCUT2D eigenvalue weighted by molar-refractivity contribution is -0.139. The average Bonchev–Trinajstić information content (AvgIpc) is 3.13. The van der Waals surface area contributed by atoms with Crippen molar-refractivity contribution in [2.45, 2.75) is 27.4 Å². The van der Waals surface area contributed by atoms with Crippen molar-refractivity contribution in [2.24, 2.45) is 0 Å². The number of likely N-dealkylation sites (N-methyl/N-ethyl adjacent to an activating group) is 1. The van der Waals surface area contributed by atoms with E-state index >= 15 is 0 Å². The molecule has 0 bridgehead atoms. The van der Waals surface area contributed by atoms with E-state index in [0.29, 0.717) is 31.3 Å². The van der Waals surface area contributed by atoms with E-state index < -0.39 is 0 Å². The summed E-state index contributed by atoms with van der Waals surface area (Å²) in [5, 5.41) is 6.40. The molecule has 1 heterocycles. The minimum absolute atomic E-state index is 0.0687. The molecule has 2 amide bonds. The molecule has 8 nitrogen and oxygen atoms in total. The number of aryl methyl sites for hydroxylation is 1. The zero-order chi connectivity index (χ0) is 21.1. The molecule has 1 aromatic carbocycles. The maximum absolute atomic E-state index is 12.7. The van der Waals surface area contributed by atoms with Crippen molar-refractivity contribution in [1.82, 2.24) is 15.0 Å². The summed E-state index contributed by atoms with van der Waals surface area (Å²) in [7, 11) is 0. The minimum atomic E-state index is -0.325. The first kappa shape index (κ1) is 22.6. The first-order valence-corrected chi connectivity index (χ1v) is 9.86. The highest BCUT2D eigenvalue weighted by Crippen LogP contribution is 2.07. The summed E-state index contributed by atoms with van der Waals surface area (Å²) in [6.45, 7) is 8.98. The van der Waals surface area contributed by atoms with Gasteiger partial charge in [0.15, 0.2) is 5.82 Å². The third-order valence-electron chi connectivity index (χ3n) is 4.50. The van der Waals surface area contributed by atoms with Crippen molar-refractivity contribution < 1.29 is 18.8 Å².